The highest BCUT2D eigenvalue weighted by atomic mass is 16.6. The maximum Gasteiger partial charge on any atom is 0.104 e. The normalized spacial score (nSPS) is 18.6. The van der Waals surface area contributed by atoms with E-state index in [1.54, 1.807) is 0 Å². The van der Waals surface area contributed by atoms with E-state index in [0.717, 1.165) is 32.7 Å². The van der Waals surface area contributed by atoms with Crippen molar-refractivity contribution in [3.05, 3.63) is 41.3 Å². The van der Waals surface area contributed by atoms with Gasteiger partial charge in [-0.1, -0.05) is 38.1 Å². The molecular formula is C15H21O2. The van der Waals surface area contributed by atoms with Crippen LogP contribution in [0.1, 0.15) is 31.4 Å². The van der Waals surface area contributed by atoms with E-state index < -0.39 is 0 Å². The molecule has 0 spiro atoms. The Labute approximate surface area is 104 Å². The van der Waals surface area contributed by atoms with Gasteiger partial charge in [0.25, 0.3) is 0 Å². The first kappa shape index (κ1) is 12.6. The molecule has 0 N–H and O–H groups in total. The number of hydrogen-bond acceptors (Lipinski definition) is 2. The fourth-order valence-electron chi connectivity index (χ4n) is 1.76. The van der Waals surface area contributed by atoms with Crippen molar-refractivity contribution in [2.75, 3.05) is 19.8 Å². The summed E-state index contributed by atoms with van der Waals surface area (Å²) in [7, 11) is 0. The van der Waals surface area contributed by atoms with Gasteiger partial charge in [-0.15, -0.1) is 0 Å². The molecule has 0 bridgehead atoms. The Hall–Kier alpha value is -0.860. The fourth-order valence-corrected chi connectivity index (χ4v) is 1.76. The third-order valence-corrected chi connectivity index (χ3v) is 2.99. The molecule has 2 rings (SSSR count). The van der Waals surface area contributed by atoms with Crippen molar-refractivity contribution in [2.45, 2.75) is 32.8 Å². The van der Waals surface area contributed by atoms with Crippen molar-refractivity contribution in [1.82, 2.24) is 0 Å². The number of hydrogen-bond donors (Lipinski definition) is 0. The molecule has 0 aromatic heterocycles. The van der Waals surface area contributed by atoms with Crippen LogP contribution in [0.15, 0.2) is 24.3 Å². The second-order valence-corrected chi connectivity index (χ2v) is 4.83. The Bertz CT molecular complexity index is 325. The Morgan fingerprint density at radius 2 is 2.00 bits per heavy atom. The van der Waals surface area contributed by atoms with Gasteiger partial charge in [0.05, 0.1) is 13.2 Å². The summed E-state index contributed by atoms with van der Waals surface area (Å²) in [6.45, 7) is 6.77. The Kier molecular flexibility index (Phi) is 4.57. The van der Waals surface area contributed by atoms with Gasteiger partial charge in [-0.05, 0) is 29.9 Å². The van der Waals surface area contributed by atoms with Crippen LogP contribution in [-0.2, 0) is 15.9 Å². The molecule has 1 aliphatic heterocycles. The topological polar surface area (TPSA) is 21.8 Å². The Morgan fingerprint density at radius 3 is 2.59 bits per heavy atom. The van der Waals surface area contributed by atoms with Crippen LogP contribution in [-0.4, -0.2) is 25.9 Å². The lowest BCUT2D eigenvalue weighted by Gasteiger charge is -2.06. The summed E-state index contributed by atoms with van der Waals surface area (Å²) >= 11 is 0. The first-order chi connectivity index (χ1) is 8.25. The van der Waals surface area contributed by atoms with E-state index in [9.17, 15) is 0 Å². The molecule has 1 aromatic carbocycles. The third kappa shape index (κ3) is 4.49. The fraction of sp³-hybridized carbons (Fsp3) is 0.533. The van der Waals surface area contributed by atoms with Crippen LogP contribution in [0.4, 0.5) is 0 Å². The first-order valence-electron chi connectivity index (χ1n) is 6.34. The molecule has 1 saturated heterocycles. The van der Waals surface area contributed by atoms with Gasteiger partial charge in [-0.3, -0.25) is 0 Å². The van der Waals surface area contributed by atoms with E-state index in [2.05, 4.69) is 38.1 Å². The molecule has 2 heteroatoms. The van der Waals surface area contributed by atoms with Gasteiger partial charge in [0.15, 0.2) is 0 Å². The van der Waals surface area contributed by atoms with Gasteiger partial charge in [0.1, 0.15) is 6.10 Å². The molecule has 17 heavy (non-hydrogen) atoms. The second kappa shape index (κ2) is 6.18. The first-order valence-corrected chi connectivity index (χ1v) is 6.34. The van der Waals surface area contributed by atoms with Crippen LogP contribution in [0.5, 0.6) is 0 Å². The summed E-state index contributed by atoms with van der Waals surface area (Å²) in [4.78, 5) is 0. The summed E-state index contributed by atoms with van der Waals surface area (Å²) in [5.74, 6) is 1.37. The molecule has 1 aromatic rings. The minimum atomic E-state index is 0.386. The summed E-state index contributed by atoms with van der Waals surface area (Å²) in [5, 5.41) is 0. The molecule has 1 atom stereocenters. The van der Waals surface area contributed by atoms with Crippen LogP contribution >= 0.6 is 0 Å². The SMILES string of the molecule is C[C](C)c1ccc(CCCOCC2CO2)cc1. The van der Waals surface area contributed by atoms with Crippen LogP contribution < -0.4 is 0 Å². The van der Waals surface area contributed by atoms with E-state index in [-0.39, 0.29) is 0 Å². The largest absolute Gasteiger partial charge is 0.379 e. The number of rotatable bonds is 7. The zero-order valence-corrected chi connectivity index (χ0v) is 10.7. The average molecular weight is 233 g/mol. The molecule has 1 aliphatic rings. The van der Waals surface area contributed by atoms with Crippen molar-refractivity contribution >= 4 is 0 Å². The number of ether oxygens (including phenoxy) is 2. The van der Waals surface area contributed by atoms with Crippen molar-refractivity contribution < 1.29 is 9.47 Å². The van der Waals surface area contributed by atoms with Gasteiger partial charge in [-0.2, -0.15) is 0 Å². The average Bonchev–Trinajstić information content (AvgIpc) is 3.13. The molecule has 0 amide bonds. The van der Waals surface area contributed by atoms with Crippen LogP contribution in [0.25, 0.3) is 0 Å². The lowest BCUT2D eigenvalue weighted by atomic mass is 10.0. The standard InChI is InChI=1S/C15H21O2/c1-12(2)14-7-5-13(6-8-14)4-3-9-16-10-15-11-17-15/h5-8,15H,3-4,9-11H2,1-2H3. The highest BCUT2D eigenvalue weighted by molar-refractivity contribution is 5.31. The predicted molar refractivity (Wildman–Crippen MR) is 69.0 cm³/mol. The van der Waals surface area contributed by atoms with Gasteiger partial charge in [0.2, 0.25) is 0 Å². The van der Waals surface area contributed by atoms with Crippen molar-refractivity contribution in [2.24, 2.45) is 0 Å². The van der Waals surface area contributed by atoms with Gasteiger partial charge >= 0.3 is 0 Å². The molecule has 1 unspecified atom stereocenters. The molecule has 2 nitrogen and oxygen atoms in total. The van der Waals surface area contributed by atoms with Gasteiger partial charge in [-0.25, -0.2) is 0 Å². The van der Waals surface area contributed by atoms with Gasteiger partial charge in [0, 0.05) is 6.61 Å². The molecular weight excluding hydrogens is 212 g/mol. The summed E-state index contributed by atoms with van der Waals surface area (Å²) in [6.07, 6.45) is 2.56. The minimum absolute atomic E-state index is 0.386. The molecule has 0 saturated carbocycles. The quantitative estimate of drug-likeness (QED) is 0.533. The maximum absolute atomic E-state index is 5.51. The van der Waals surface area contributed by atoms with E-state index in [0.29, 0.717) is 6.10 Å². The lowest BCUT2D eigenvalue weighted by Crippen LogP contribution is -2.03. The number of aryl methyl sites for hydroxylation is 1. The van der Waals surface area contributed by atoms with E-state index in [1.165, 1.54) is 17.0 Å². The van der Waals surface area contributed by atoms with Crippen LogP contribution in [0, 0.1) is 5.92 Å². The van der Waals surface area contributed by atoms with E-state index >= 15 is 0 Å². The Balaban J connectivity index is 1.63. The summed E-state index contributed by atoms with van der Waals surface area (Å²) < 4.78 is 10.6. The summed E-state index contributed by atoms with van der Waals surface area (Å²) in [6, 6.07) is 8.83. The third-order valence-electron chi connectivity index (χ3n) is 2.99. The van der Waals surface area contributed by atoms with E-state index in [4.69, 9.17) is 9.47 Å². The minimum Gasteiger partial charge on any atom is -0.379 e. The van der Waals surface area contributed by atoms with Crippen molar-refractivity contribution in [1.29, 1.82) is 0 Å². The number of benzene rings is 1. The smallest absolute Gasteiger partial charge is 0.104 e. The van der Waals surface area contributed by atoms with E-state index in [1.807, 2.05) is 0 Å². The Morgan fingerprint density at radius 1 is 1.29 bits per heavy atom. The predicted octanol–water partition coefficient (Wildman–Crippen LogP) is 3.00. The van der Waals surface area contributed by atoms with Crippen molar-refractivity contribution in [3.8, 4) is 0 Å². The molecule has 0 aliphatic carbocycles. The monoisotopic (exact) mass is 233 g/mol. The molecule has 1 heterocycles. The maximum atomic E-state index is 5.51. The molecule has 93 valence electrons. The highest BCUT2D eigenvalue weighted by Crippen LogP contribution is 2.14. The van der Waals surface area contributed by atoms with Crippen LogP contribution in [0.3, 0.4) is 0 Å². The van der Waals surface area contributed by atoms with Gasteiger partial charge < -0.3 is 9.47 Å². The van der Waals surface area contributed by atoms with Crippen molar-refractivity contribution in [3.63, 3.8) is 0 Å². The molecule has 1 fully saturated rings. The van der Waals surface area contributed by atoms with Crippen LogP contribution in [0.2, 0.25) is 0 Å². The zero-order chi connectivity index (χ0) is 12.1. The highest BCUT2D eigenvalue weighted by Gasteiger charge is 2.21. The second-order valence-electron chi connectivity index (χ2n) is 4.83. The zero-order valence-electron chi connectivity index (χ0n) is 10.7. The molecule has 1 radical (unpaired) electrons. The summed E-state index contributed by atoms with van der Waals surface area (Å²) in [5.41, 5.74) is 2.72. The number of epoxide rings is 1. The lowest BCUT2D eigenvalue weighted by molar-refractivity contribution is 0.114.